The third kappa shape index (κ3) is 4.06. The first-order chi connectivity index (χ1) is 13.8. The van der Waals surface area contributed by atoms with Crippen molar-refractivity contribution in [3.63, 3.8) is 0 Å². The van der Waals surface area contributed by atoms with E-state index >= 15 is 0 Å². The van der Waals surface area contributed by atoms with E-state index in [1.165, 1.54) is 0 Å². The number of aromatic nitrogens is 1. The highest BCUT2D eigenvalue weighted by atomic mass is 16.6. The Bertz CT molecular complexity index is 1090. The molecule has 0 unspecified atom stereocenters. The molecule has 1 heterocycles. The number of aryl methyl sites for hydroxylation is 2. The van der Waals surface area contributed by atoms with Crippen molar-refractivity contribution in [1.82, 2.24) is 4.98 Å². The summed E-state index contributed by atoms with van der Waals surface area (Å²) in [5.74, 6) is 0.437. The molecule has 2 aromatic carbocycles. The zero-order valence-corrected chi connectivity index (χ0v) is 17.0. The molecule has 29 heavy (non-hydrogen) atoms. The number of benzene rings is 2. The maximum Gasteiger partial charge on any atom is 0.405 e. The quantitative estimate of drug-likeness (QED) is 0.617. The predicted molar refractivity (Wildman–Crippen MR) is 111 cm³/mol. The van der Waals surface area contributed by atoms with Crippen LogP contribution in [0.3, 0.4) is 0 Å². The van der Waals surface area contributed by atoms with Crippen LogP contribution < -0.4 is 10.5 Å². The lowest BCUT2D eigenvalue weighted by molar-refractivity contribution is 0.103. The number of rotatable bonds is 6. The van der Waals surface area contributed by atoms with E-state index in [-0.39, 0.29) is 5.78 Å². The van der Waals surface area contributed by atoms with Crippen molar-refractivity contribution in [2.45, 2.75) is 33.8 Å². The molecule has 1 amide bonds. The fraction of sp³-hybridized carbons (Fsp3) is 0.261. The number of hydrogen-bond acceptors (Lipinski definition) is 5. The lowest BCUT2D eigenvalue weighted by Gasteiger charge is -2.15. The Morgan fingerprint density at radius 1 is 1.10 bits per heavy atom. The predicted octanol–water partition coefficient (Wildman–Crippen LogP) is 4.64. The number of primary amides is 1. The molecule has 3 rings (SSSR count). The molecule has 0 aliphatic heterocycles. The topological polar surface area (TPSA) is 91.5 Å². The van der Waals surface area contributed by atoms with Crippen molar-refractivity contribution in [3.8, 4) is 5.88 Å². The van der Waals surface area contributed by atoms with Crippen molar-refractivity contribution >= 4 is 22.6 Å². The Labute approximate surface area is 169 Å². The minimum absolute atomic E-state index is 0.0835. The molecule has 0 saturated carbocycles. The van der Waals surface area contributed by atoms with E-state index in [1.807, 2.05) is 45.0 Å². The maximum atomic E-state index is 13.4. The number of hydrogen-bond donors (Lipinski definition) is 1. The summed E-state index contributed by atoms with van der Waals surface area (Å²) in [7, 11) is 0. The minimum Gasteiger partial charge on any atom is -0.478 e. The van der Waals surface area contributed by atoms with Crippen LogP contribution in [0.4, 0.5) is 4.79 Å². The van der Waals surface area contributed by atoms with Crippen LogP contribution >= 0.6 is 0 Å². The number of carbonyl (C=O) groups is 2. The normalized spacial score (nSPS) is 11.9. The Hall–Kier alpha value is -3.41. The van der Waals surface area contributed by atoms with Crippen LogP contribution in [0.5, 0.6) is 5.88 Å². The van der Waals surface area contributed by atoms with Gasteiger partial charge in [-0.05, 0) is 50.5 Å². The fourth-order valence-corrected chi connectivity index (χ4v) is 3.47. The summed E-state index contributed by atoms with van der Waals surface area (Å²) in [6.45, 7) is 7.92. The van der Waals surface area contributed by atoms with Crippen LogP contribution in [0.15, 0.2) is 42.6 Å². The highest BCUT2D eigenvalue weighted by molar-refractivity contribution is 6.18. The third-order valence-corrected chi connectivity index (χ3v) is 4.85. The van der Waals surface area contributed by atoms with Gasteiger partial charge in [0.05, 0.1) is 6.61 Å². The molecule has 6 heteroatoms. The van der Waals surface area contributed by atoms with Gasteiger partial charge < -0.3 is 15.2 Å². The molecule has 0 saturated heterocycles. The molecule has 0 aliphatic rings. The van der Waals surface area contributed by atoms with Crippen LogP contribution in [0.2, 0.25) is 0 Å². The van der Waals surface area contributed by atoms with Gasteiger partial charge in [-0.1, -0.05) is 30.3 Å². The molecular weight excluding hydrogens is 368 g/mol. The van der Waals surface area contributed by atoms with E-state index in [9.17, 15) is 9.59 Å². The Balaban J connectivity index is 2.06. The molecule has 0 aliphatic carbocycles. The molecular formula is C23H24N2O4. The summed E-state index contributed by atoms with van der Waals surface area (Å²) >= 11 is 0. The average Bonchev–Trinajstić information content (AvgIpc) is 2.68. The zero-order chi connectivity index (χ0) is 21.1. The van der Waals surface area contributed by atoms with Gasteiger partial charge in [0.1, 0.15) is 6.10 Å². The molecule has 150 valence electrons. The fourth-order valence-electron chi connectivity index (χ4n) is 3.47. The number of nitrogens with two attached hydrogens (primary N) is 1. The maximum absolute atomic E-state index is 13.4. The summed E-state index contributed by atoms with van der Waals surface area (Å²) in [5, 5.41) is 1.65. The van der Waals surface area contributed by atoms with E-state index in [2.05, 4.69) is 4.98 Å². The van der Waals surface area contributed by atoms with Crippen molar-refractivity contribution in [1.29, 1.82) is 0 Å². The Morgan fingerprint density at radius 3 is 2.52 bits per heavy atom. The Morgan fingerprint density at radius 2 is 1.86 bits per heavy atom. The summed E-state index contributed by atoms with van der Waals surface area (Å²) in [6, 6.07) is 10.9. The van der Waals surface area contributed by atoms with Crippen molar-refractivity contribution in [2.75, 3.05) is 6.61 Å². The van der Waals surface area contributed by atoms with Crippen LogP contribution in [0, 0.1) is 13.8 Å². The van der Waals surface area contributed by atoms with Crippen LogP contribution in [-0.2, 0) is 4.74 Å². The second-order valence-electron chi connectivity index (χ2n) is 6.89. The van der Waals surface area contributed by atoms with Gasteiger partial charge in [0.2, 0.25) is 5.88 Å². The first-order valence-corrected chi connectivity index (χ1v) is 9.46. The van der Waals surface area contributed by atoms with Gasteiger partial charge >= 0.3 is 6.09 Å². The smallest absolute Gasteiger partial charge is 0.405 e. The largest absolute Gasteiger partial charge is 0.478 e. The zero-order valence-electron chi connectivity index (χ0n) is 17.0. The third-order valence-electron chi connectivity index (χ3n) is 4.85. The molecule has 6 nitrogen and oxygen atoms in total. The first-order valence-electron chi connectivity index (χ1n) is 9.46. The molecule has 0 fully saturated rings. The second-order valence-corrected chi connectivity index (χ2v) is 6.89. The van der Waals surface area contributed by atoms with E-state index in [0.717, 1.165) is 27.5 Å². The molecule has 1 aromatic heterocycles. The van der Waals surface area contributed by atoms with Gasteiger partial charge in [-0.2, -0.15) is 0 Å². The van der Waals surface area contributed by atoms with Gasteiger partial charge in [0, 0.05) is 28.1 Å². The summed E-state index contributed by atoms with van der Waals surface area (Å²) < 4.78 is 10.7. The highest BCUT2D eigenvalue weighted by Crippen LogP contribution is 2.31. The number of amides is 1. The van der Waals surface area contributed by atoms with Crippen LogP contribution in [-0.4, -0.2) is 23.5 Å². The van der Waals surface area contributed by atoms with Gasteiger partial charge in [-0.3, -0.25) is 4.79 Å². The first kappa shape index (κ1) is 20.3. The molecule has 2 N–H and O–H groups in total. The van der Waals surface area contributed by atoms with Crippen LogP contribution in [0.25, 0.3) is 10.8 Å². The SMILES string of the molecule is CCOc1ncc(C)c2c(C(=O)c3ccc([C@H](C)OC(N)=O)cc3C)cccc12. The van der Waals surface area contributed by atoms with Crippen molar-refractivity contribution in [3.05, 3.63) is 70.4 Å². The molecule has 0 bridgehead atoms. The number of ether oxygens (including phenoxy) is 2. The van der Waals surface area contributed by atoms with Gasteiger partial charge in [0.25, 0.3) is 0 Å². The number of nitrogens with zero attached hydrogens (tertiary/aromatic N) is 1. The molecule has 1 atom stereocenters. The lowest BCUT2D eigenvalue weighted by Crippen LogP contribution is -2.16. The van der Waals surface area contributed by atoms with E-state index < -0.39 is 12.2 Å². The van der Waals surface area contributed by atoms with Crippen molar-refractivity contribution in [2.24, 2.45) is 5.73 Å². The van der Waals surface area contributed by atoms with Crippen LogP contribution in [0.1, 0.15) is 52.6 Å². The van der Waals surface area contributed by atoms with Gasteiger partial charge in [-0.25, -0.2) is 9.78 Å². The average molecular weight is 392 g/mol. The highest BCUT2D eigenvalue weighted by Gasteiger charge is 2.19. The van der Waals surface area contributed by atoms with Gasteiger partial charge in [0.15, 0.2) is 5.78 Å². The monoisotopic (exact) mass is 392 g/mol. The lowest BCUT2D eigenvalue weighted by atomic mass is 9.92. The molecule has 3 aromatic rings. The number of ketones is 1. The number of fused-ring (bicyclic) bond motifs is 1. The second kappa shape index (κ2) is 8.31. The minimum atomic E-state index is -0.833. The molecule has 0 spiro atoms. The summed E-state index contributed by atoms with van der Waals surface area (Å²) in [5.41, 5.74) is 8.75. The summed E-state index contributed by atoms with van der Waals surface area (Å²) in [6.07, 6.45) is 0.401. The van der Waals surface area contributed by atoms with E-state index in [0.29, 0.717) is 23.6 Å². The van der Waals surface area contributed by atoms with Gasteiger partial charge in [-0.15, -0.1) is 0 Å². The summed E-state index contributed by atoms with van der Waals surface area (Å²) in [4.78, 5) is 28.7. The van der Waals surface area contributed by atoms with E-state index in [1.54, 1.807) is 25.3 Å². The number of carbonyl (C=O) groups excluding carboxylic acids is 2. The molecule has 0 radical (unpaired) electrons. The number of pyridine rings is 1. The standard InChI is InChI=1S/C23H24N2O4/c1-5-28-22-19-8-6-7-18(20(19)14(3)12-25-22)21(26)17-10-9-16(11-13(17)2)15(4)29-23(24)27/h6-12,15H,5H2,1-4H3,(H2,24,27)/t15-/m0/s1. The Kier molecular flexibility index (Phi) is 5.82. The van der Waals surface area contributed by atoms with Crippen molar-refractivity contribution < 1.29 is 19.1 Å². The van der Waals surface area contributed by atoms with E-state index in [4.69, 9.17) is 15.2 Å².